The maximum absolute atomic E-state index is 9.69. The van der Waals surface area contributed by atoms with Crippen molar-refractivity contribution in [2.45, 2.75) is 12.5 Å². The van der Waals surface area contributed by atoms with Gasteiger partial charge in [0.05, 0.1) is 6.26 Å². The summed E-state index contributed by atoms with van der Waals surface area (Å²) in [5.41, 5.74) is 3.25. The van der Waals surface area contributed by atoms with E-state index in [9.17, 15) is 5.11 Å². The fraction of sp³-hybridized carbons (Fsp3) is 0.222. The molecule has 1 N–H and O–H groups in total. The summed E-state index contributed by atoms with van der Waals surface area (Å²) < 4.78 is 5.47. The van der Waals surface area contributed by atoms with Crippen LogP contribution in [0.3, 0.4) is 0 Å². The SMILES string of the molecule is CN(C)C(Cc1ccc2ccoc2c1)c1cccc(O)c1.Cl. The molecule has 0 aliphatic rings. The Morgan fingerprint density at radius 2 is 1.91 bits per heavy atom. The van der Waals surface area contributed by atoms with Gasteiger partial charge in [-0.05, 0) is 55.9 Å². The molecule has 0 bridgehead atoms. The van der Waals surface area contributed by atoms with Gasteiger partial charge in [0.1, 0.15) is 11.3 Å². The van der Waals surface area contributed by atoms with Crippen LogP contribution < -0.4 is 0 Å². The van der Waals surface area contributed by atoms with Crippen LogP contribution in [0, 0.1) is 0 Å². The Balaban J connectivity index is 0.00000176. The Labute approximate surface area is 136 Å². The van der Waals surface area contributed by atoms with Crippen LogP contribution in [0.25, 0.3) is 11.0 Å². The standard InChI is InChI=1S/C18H19NO2.ClH/c1-19(2)17(15-4-3-5-16(20)12-15)10-13-6-7-14-8-9-21-18(14)11-13;/h3-9,11-12,17,20H,10H2,1-2H3;1H. The van der Waals surface area contributed by atoms with E-state index in [1.807, 2.05) is 18.2 Å². The number of phenolic OH excluding ortho intramolecular Hbond substituents is 1. The maximum Gasteiger partial charge on any atom is 0.134 e. The number of rotatable bonds is 4. The van der Waals surface area contributed by atoms with Gasteiger partial charge in [-0.25, -0.2) is 0 Å². The van der Waals surface area contributed by atoms with Crippen LogP contribution in [0.15, 0.2) is 59.2 Å². The highest BCUT2D eigenvalue weighted by molar-refractivity contribution is 5.85. The molecule has 1 aromatic heterocycles. The number of halogens is 1. The molecule has 2 aromatic carbocycles. The summed E-state index contributed by atoms with van der Waals surface area (Å²) >= 11 is 0. The molecule has 1 unspecified atom stereocenters. The van der Waals surface area contributed by atoms with E-state index in [0.29, 0.717) is 5.75 Å². The molecule has 1 atom stereocenters. The van der Waals surface area contributed by atoms with Crippen molar-refractivity contribution in [3.63, 3.8) is 0 Å². The molecule has 116 valence electrons. The monoisotopic (exact) mass is 317 g/mol. The summed E-state index contributed by atoms with van der Waals surface area (Å²) in [5.74, 6) is 0.306. The summed E-state index contributed by atoms with van der Waals surface area (Å²) in [6.45, 7) is 0. The minimum atomic E-state index is 0. The van der Waals surface area contributed by atoms with Gasteiger partial charge in [-0.2, -0.15) is 0 Å². The van der Waals surface area contributed by atoms with E-state index in [1.54, 1.807) is 12.3 Å². The van der Waals surface area contributed by atoms with Crippen molar-refractivity contribution in [1.29, 1.82) is 0 Å². The van der Waals surface area contributed by atoms with Crippen LogP contribution in [0.2, 0.25) is 0 Å². The minimum Gasteiger partial charge on any atom is -0.508 e. The lowest BCUT2D eigenvalue weighted by Gasteiger charge is -2.25. The second-order valence-electron chi connectivity index (χ2n) is 5.57. The summed E-state index contributed by atoms with van der Waals surface area (Å²) in [7, 11) is 4.11. The largest absolute Gasteiger partial charge is 0.508 e. The summed E-state index contributed by atoms with van der Waals surface area (Å²) in [6.07, 6.45) is 2.58. The van der Waals surface area contributed by atoms with Gasteiger partial charge in [-0.15, -0.1) is 12.4 Å². The number of benzene rings is 2. The predicted octanol–water partition coefficient (Wildman–Crippen LogP) is 4.41. The van der Waals surface area contributed by atoms with E-state index >= 15 is 0 Å². The molecule has 0 aliphatic heterocycles. The van der Waals surface area contributed by atoms with Crippen molar-refractivity contribution in [3.05, 3.63) is 65.9 Å². The normalized spacial score (nSPS) is 12.3. The number of phenols is 1. The van der Waals surface area contributed by atoms with Crippen LogP contribution >= 0.6 is 12.4 Å². The summed E-state index contributed by atoms with van der Waals surface area (Å²) in [4.78, 5) is 2.17. The van der Waals surface area contributed by atoms with Crippen LogP contribution in [0.1, 0.15) is 17.2 Å². The predicted molar refractivity (Wildman–Crippen MR) is 91.7 cm³/mol. The van der Waals surface area contributed by atoms with Crippen molar-refractivity contribution in [2.24, 2.45) is 0 Å². The average Bonchev–Trinajstić information content (AvgIpc) is 2.92. The first-order valence-electron chi connectivity index (χ1n) is 7.05. The second kappa shape index (κ2) is 6.86. The molecule has 3 aromatic rings. The molecular weight excluding hydrogens is 298 g/mol. The van der Waals surface area contributed by atoms with E-state index in [2.05, 4.69) is 43.3 Å². The van der Waals surface area contributed by atoms with Crippen LogP contribution in [0.5, 0.6) is 5.75 Å². The third-order valence-corrected chi connectivity index (χ3v) is 3.83. The molecule has 0 aliphatic carbocycles. The number of fused-ring (bicyclic) bond motifs is 1. The van der Waals surface area contributed by atoms with Crippen molar-refractivity contribution >= 4 is 23.4 Å². The fourth-order valence-electron chi connectivity index (χ4n) is 2.68. The molecule has 3 rings (SSSR count). The van der Waals surface area contributed by atoms with Gasteiger partial charge in [-0.1, -0.05) is 24.3 Å². The highest BCUT2D eigenvalue weighted by atomic mass is 35.5. The molecule has 1 heterocycles. The Bertz CT molecular complexity index is 751. The molecule has 0 radical (unpaired) electrons. The zero-order valence-corrected chi connectivity index (χ0v) is 13.5. The van der Waals surface area contributed by atoms with Crippen molar-refractivity contribution in [3.8, 4) is 5.75 Å². The Hall–Kier alpha value is -1.97. The number of aromatic hydroxyl groups is 1. The van der Waals surface area contributed by atoms with Gasteiger partial charge >= 0.3 is 0 Å². The van der Waals surface area contributed by atoms with E-state index < -0.39 is 0 Å². The Morgan fingerprint density at radius 1 is 1.09 bits per heavy atom. The topological polar surface area (TPSA) is 36.6 Å². The molecule has 0 fully saturated rings. The lowest BCUT2D eigenvalue weighted by Crippen LogP contribution is -2.22. The highest BCUT2D eigenvalue weighted by Crippen LogP contribution is 2.27. The minimum absolute atomic E-state index is 0. The maximum atomic E-state index is 9.69. The second-order valence-corrected chi connectivity index (χ2v) is 5.57. The third kappa shape index (κ3) is 3.43. The molecule has 0 amide bonds. The number of furan rings is 1. The lowest BCUT2D eigenvalue weighted by atomic mass is 9.97. The van der Waals surface area contributed by atoms with Crippen LogP contribution in [-0.4, -0.2) is 24.1 Å². The molecule has 0 saturated heterocycles. The van der Waals surface area contributed by atoms with Gasteiger partial charge in [0.15, 0.2) is 0 Å². The number of likely N-dealkylation sites (N-methyl/N-ethyl adjacent to an activating group) is 1. The number of hydrogen-bond acceptors (Lipinski definition) is 3. The van der Waals surface area contributed by atoms with E-state index in [-0.39, 0.29) is 18.4 Å². The first kappa shape index (κ1) is 16.4. The van der Waals surface area contributed by atoms with Crippen LogP contribution in [-0.2, 0) is 6.42 Å². The first-order valence-corrected chi connectivity index (χ1v) is 7.05. The molecule has 0 saturated carbocycles. The van der Waals surface area contributed by atoms with Gasteiger partial charge in [-0.3, -0.25) is 0 Å². The molecule has 0 spiro atoms. The third-order valence-electron chi connectivity index (χ3n) is 3.83. The quantitative estimate of drug-likeness (QED) is 0.774. The zero-order chi connectivity index (χ0) is 14.8. The van der Waals surface area contributed by atoms with Gasteiger partial charge in [0.25, 0.3) is 0 Å². The van der Waals surface area contributed by atoms with Gasteiger partial charge < -0.3 is 14.4 Å². The van der Waals surface area contributed by atoms with Crippen LogP contribution in [0.4, 0.5) is 0 Å². The highest BCUT2D eigenvalue weighted by Gasteiger charge is 2.15. The fourth-order valence-corrected chi connectivity index (χ4v) is 2.68. The molecule has 4 heteroatoms. The zero-order valence-electron chi connectivity index (χ0n) is 12.7. The van der Waals surface area contributed by atoms with Gasteiger partial charge in [0, 0.05) is 11.4 Å². The lowest BCUT2D eigenvalue weighted by molar-refractivity contribution is 0.297. The Morgan fingerprint density at radius 3 is 2.64 bits per heavy atom. The average molecular weight is 318 g/mol. The van der Waals surface area contributed by atoms with Crippen molar-refractivity contribution in [1.82, 2.24) is 4.90 Å². The molecule has 3 nitrogen and oxygen atoms in total. The smallest absolute Gasteiger partial charge is 0.134 e. The number of nitrogens with zero attached hydrogens (tertiary/aromatic N) is 1. The summed E-state index contributed by atoms with van der Waals surface area (Å²) in [6, 6.07) is 16.0. The molecule has 22 heavy (non-hydrogen) atoms. The van der Waals surface area contributed by atoms with Crippen molar-refractivity contribution in [2.75, 3.05) is 14.1 Å². The summed E-state index contributed by atoms with van der Waals surface area (Å²) in [5, 5.41) is 10.8. The van der Waals surface area contributed by atoms with E-state index in [1.165, 1.54) is 5.56 Å². The van der Waals surface area contributed by atoms with Crippen molar-refractivity contribution < 1.29 is 9.52 Å². The molecular formula is C18H20ClNO2. The first-order chi connectivity index (χ1) is 10.1. The Kier molecular flexibility index (Phi) is 5.11. The van der Waals surface area contributed by atoms with E-state index in [0.717, 1.165) is 23.0 Å². The van der Waals surface area contributed by atoms with Gasteiger partial charge in [0.2, 0.25) is 0 Å². The number of hydrogen-bond donors (Lipinski definition) is 1. The van der Waals surface area contributed by atoms with E-state index in [4.69, 9.17) is 4.42 Å².